The first kappa shape index (κ1) is 16.7. The normalized spacial score (nSPS) is 13.4. The van der Waals surface area contributed by atoms with E-state index < -0.39 is 22.0 Å². The van der Waals surface area contributed by atoms with Crippen LogP contribution in [0.15, 0.2) is 24.3 Å². The quantitative estimate of drug-likeness (QED) is 0.805. The van der Waals surface area contributed by atoms with Crippen molar-refractivity contribution in [2.75, 3.05) is 0 Å². The van der Waals surface area contributed by atoms with Crippen LogP contribution in [-0.4, -0.2) is 25.5 Å². The molecular formula is C14H21NO4S. The van der Waals surface area contributed by atoms with E-state index in [0.29, 0.717) is 5.56 Å². The Labute approximate surface area is 120 Å². The van der Waals surface area contributed by atoms with Gasteiger partial charge < -0.3 is 5.11 Å². The Bertz CT molecular complexity index is 549. The molecule has 0 aromatic heterocycles. The highest BCUT2D eigenvalue weighted by Gasteiger charge is 2.24. The number of rotatable bonds is 7. The number of hydrogen-bond acceptors (Lipinski definition) is 3. The first-order chi connectivity index (χ1) is 9.19. The van der Waals surface area contributed by atoms with Crippen molar-refractivity contribution < 1.29 is 18.3 Å². The van der Waals surface area contributed by atoms with Gasteiger partial charge in [0.1, 0.15) is 6.04 Å². The molecule has 6 heteroatoms. The second kappa shape index (κ2) is 6.85. The van der Waals surface area contributed by atoms with E-state index in [0.717, 1.165) is 5.56 Å². The molecule has 112 valence electrons. The topological polar surface area (TPSA) is 83.5 Å². The second-order valence-electron chi connectivity index (χ2n) is 5.38. The summed E-state index contributed by atoms with van der Waals surface area (Å²) in [6, 6.07) is 6.03. The third-order valence-corrected chi connectivity index (χ3v) is 4.16. The monoisotopic (exact) mass is 299 g/mol. The number of aliphatic carboxylic acids is 1. The fourth-order valence-electron chi connectivity index (χ4n) is 1.83. The van der Waals surface area contributed by atoms with Gasteiger partial charge in [-0.15, -0.1) is 0 Å². The molecule has 0 amide bonds. The lowest BCUT2D eigenvalue weighted by molar-refractivity contribution is -0.139. The molecular weight excluding hydrogens is 278 g/mol. The van der Waals surface area contributed by atoms with Gasteiger partial charge >= 0.3 is 5.97 Å². The Morgan fingerprint density at radius 3 is 2.25 bits per heavy atom. The van der Waals surface area contributed by atoms with Crippen molar-refractivity contribution in [3.8, 4) is 0 Å². The van der Waals surface area contributed by atoms with Gasteiger partial charge in [0.05, 0.1) is 5.75 Å². The second-order valence-corrected chi connectivity index (χ2v) is 7.14. The van der Waals surface area contributed by atoms with Crippen molar-refractivity contribution in [3.05, 3.63) is 35.4 Å². The summed E-state index contributed by atoms with van der Waals surface area (Å²) in [5.41, 5.74) is 1.68. The lowest BCUT2D eigenvalue weighted by Gasteiger charge is -2.16. The minimum atomic E-state index is -3.67. The van der Waals surface area contributed by atoms with Gasteiger partial charge in [-0.1, -0.05) is 43.7 Å². The minimum Gasteiger partial charge on any atom is -0.480 e. The fraction of sp³-hybridized carbons (Fsp3) is 0.500. The molecule has 0 saturated heterocycles. The van der Waals surface area contributed by atoms with E-state index in [1.54, 1.807) is 12.1 Å². The molecule has 20 heavy (non-hydrogen) atoms. The maximum Gasteiger partial charge on any atom is 0.321 e. The molecule has 0 heterocycles. The van der Waals surface area contributed by atoms with Gasteiger partial charge in [-0.3, -0.25) is 4.79 Å². The average Bonchev–Trinajstić information content (AvgIpc) is 2.30. The largest absolute Gasteiger partial charge is 0.480 e. The van der Waals surface area contributed by atoms with Crippen molar-refractivity contribution in [2.45, 2.75) is 39.0 Å². The van der Waals surface area contributed by atoms with Crippen LogP contribution in [0.4, 0.5) is 0 Å². The summed E-state index contributed by atoms with van der Waals surface area (Å²) >= 11 is 0. The number of aryl methyl sites for hydroxylation is 1. The highest BCUT2D eigenvalue weighted by molar-refractivity contribution is 7.88. The van der Waals surface area contributed by atoms with Gasteiger partial charge in [0, 0.05) is 0 Å². The zero-order chi connectivity index (χ0) is 15.3. The molecule has 2 N–H and O–H groups in total. The first-order valence-corrected chi connectivity index (χ1v) is 8.13. The third kappa shape index (κ3) is 5.71. The summed E-state index contributed by atoms with van der Waals surface area (Å²) in [6.45, 7) is 5.62. The van der Waals surface area contributed by atoms with Crippen molar-refractivity contribution in [1.29, 1.82) is 0 Å². The van der Waals surface area contributed by atoms with Crippen LogP contribution in [0, 0.1) is 12.8 Å². The van der Waals surface area contributed by atoms with Crippen LogP contribution in [0.5, 0.6) is 0 Å². The van der Waals surface area contributed by atoms with Gasteiger partial charge in [0.15, 0.2) is 0 Å². The summed E-state index contributed by atoms with van der Waals surface area (Å²) in [4.78, 5) is 11.1. The van der Waals surface area contributed by atoms with Gasteiger partial charge in [-0.25, -0.2) is 13.1 Å². The summed E-state index contributed by atoms with van der Waals surface area (Å²) in [5, 5.41) is 9.06. The van der Waals surface area contributed by atoms with E-state index in [1.165, 1.54) is 0 Å². The standard InChI is InChI=1S/C14H21NO4S/c1-10(2)8-13(14(16)17)15-20(18,19)9-12-6-4-11(3)5-7-12/h4-7,10,13,15H,8-9H2,1-3H3,(H,16,17)/t13-/m1/s1. The molecule has 0 aliphatic carbocycles. The van der Waals surface area contributed by atoms with Crippen molar-refractivity contribution >= 4 is 16.0 Å². The Balaban J connectivity index is 2.77. The molecule has 0 aliphatic heterocycles. The number of sulfonamides is 1. The molecule has 0 spiro atoms. The highest BCUT2D eigenvalue weighted by Crippen LogP contribution is 2.10. The zero-order valence-electron chi connectivity index (χ0n) is 12.0. The number of carboxylic acid groups (broad SMARTS) is 1. The Kier molecular flexibility index (Phi) is 5.71. The SMILES string of the molecule is Cc1ccc(CS(=O)(=O)N[C@H](CC(C)C)C(=O)O)cc1. The molecule has 0 bridgehead atoms. The van der Waals surface area contributed by atoms with Crippen LogP contribution in [-0.2, 0) is 20.6 Å². The zero-order valence-corrected chi connectivity index (χ0v) is 12.8. The van der Waals surface area contributed by atoms with Crippen molar-refractivity contribution in [1.82, 2.24) is 4.72 Å². The molecule has 1 aromatic carbocycles. The lowest BCUT2D eigenvalue weighted by Crippen LogP contribution is -2.42. The fourth-order valence-corrected chi connectivity index (χ4v) is 3.18. The molecule has 0 saturated carbocycles. The number of carbonyl (C=O) groups is 1. The maximum absolute atomic E-state index is 12.0. The molecule has 1 atom stereocenters. The number of benzene rings is 1. The predicted molar refractivity (Wildman–Crippen MR) is 77.8 cm³/mol. The van der Waals surface area contributed by atoms with Gasteiger partial charge in [0.25, 0.3) is 0 Å². The minimum absolute atomic E-state index is 0.0955. The highest BCUT2D eigenvalue weighted by atomic mass is 32.2. The predicted octanol–water partition coefficient (Wildman–Crippen LogP) is 1.91. The van der Waals surface area contributed by atoms with Gasteiger partial charge in [-0.05, 0) is 24.8 Å². The smallest absolute Gasteiger partial charge is 0.321 e. The summed E-state index contributed by atoms with van der Waals surface area (Å²) in [5.74, 6) is -1.26. The molecule has 1 rings (SSSR count). The first-order valence-electron chi connectivity index (χ1n) is 6.48. The summed E-state index contributed by atoms with van der Waals surface area (Å²) in [6.07, 6.45) is 0.266. The molecule has 0 unspecified atom stereocenters. The van der Waals surface area contributed by atoms with Crippen molar-refractivity contribution in [3.63, 3.8) is 0 Å². The number of hydrogen-bond donors (Lipinski definition) is 2. The molecule has 5 nitrogen and oxygen atoms in total. The Morgan fingerprint density at radius 1 is 1.25 bits per heavy atom. The summed E-state index contributed by atoms with van der Waals surface area (Å²) < 4.78 is 26.3. The van der Waals surface area contributed by atoms with E-state index >= 15 is 0 Å². The van der Waals surface area contributed by atoms with Crippen molar-refractivity contribution in [2.24, 2.45) is 5.92 Å². The molecule has 0 radical (unpaired) electrons. The number of nitrogens with one attached hydrogen (secondary N) is 1. The van der Waals surface area contributed by atoms with Gasteiger partial charge in [0.2, 0.25) is 10.0 Å². The Hall–Kier alpha value is -1.40. The van der Waals surface area contributed by atoms with Crippen LogP contribution in [0.2, 0.25) is 0 Å². The Morgan fingerprint density at radius 2 is 1.80 bits per heavy atom. The van der Waals surface area contributed by atoms with E-state index in [4.69, 9.17) is 5.11 Å². The van der Waals surface area contributed by atoms with Crippen LogP contribution < -0.4 is 4.72 Å². The van der Waals surface area contributed by atoms with Crippen LogP contribution in [0.1, 0.15) is 31.4 Å². The van der Waals surface area contributed by atoms with Crippen LogP contribution in [0.25, 0.3) is 0 Å². The van der Waals surface area contributed by atoms with Crippen LogP contribution >= 0.6 is 0 Å². The molecule has 0 fully saturated rings. The third-order valence-electron chi connectivity index (χ3n) is 2.80. The van der Waals surface area contributed by atoms with E-state index in [9.17, 15) is 13.2 Å². The van der Waals surface area contributed by atoms with E-state index in [2.05, 4.69) is 4.72 Å². The average molecular weight is 299 g/mol. The molecule has 1 aromatic rings. The van der Waals surface area contributed by atoms with Crippen LogP contribution in [0.3, 0.4) is 0 Å². The van der Waals surface area contributed by atoms with Gasteiger partial charge in [-0.2, -0.15) is 0 Å². The number of carboxylic acids is 1. The van der Waals surface area contributed by atoms with E-state index in [-0.39, 0.29) is 18.1 Å². The maximum atomic E-state index is 12.0. The molecule has 0 aliphatic rings. The lowest BCUT2D eigenvalue weighted by atomic mass is 10.1. The summed E-state index contributed by atoms with van der Waals surface area (Å²) in [7, 11) is -3.67. The van der Waals surface area contributed by atoms with E-state index in [1.807, 2.05) is 32.9 Å².